The number of hydrogen-bond donors (Lipinski definition) is 4. The molecule has 0 radical (unpaired) electrons. The molecule has 2 aromatic carbocycles. The first-order chi connectivity index (χ1) is 14.2. The summed E-state index contributed by atoms with van der Waals surface area (Å²) >= 11 is 4.99. The van der Waals surface area contributed by atoms with Gasteiger partial charge in [-0.25, -0.2) is 0 Å². The number of nitrogens with one attached hydrogen (secondary N) is 2. The number of fused-ring (bicyclic) bond motifs is 1. The van der Waals surface area contributed by atoms with E-state index in [-0.39, 0.29) is 27.6 Å². The SMILES string of the molecule is NC(=O)c1c(-c2ccccc2)n(C2=NNC(=S)NC2N)c2ccc(C(F)(F)F)cc12. The maximum absolute atomic E-state index is 13.3. The van der Waals surface area contributed by atoms with Gasteiger partial charge in [0.05, 0.1) is 22.3 Å². The van der Waals surface area contributed by atoms with Crippen molar-refractivity contribution in [2.45, 2.75) is 12.3 Å². The van der Waals surface area contributed by atoms with Crippen molar-refractivity contribution in [1.29, 1.82) is 0 Å². The van der Waals surface area contributed by atoms with Gasteiger partial charge in [-0.1, -0.05) is 30.3 Å². The van der Waals surface area contributed by atoms with Crippen LogP contribution in [0, 0.1) is 0 Å². The molecule has 30 heavy (non-hydrogen) atoms. The van der Waals surface area contributed by atoms with E-state index in [0.29, 0.717) is 11.1 Å². The van der Waals surface area contributed by atoms with Gasteiger partial charge < -0.3 is 16.8 Å². The quantitative estimate of drug-likeness (QED) is 0.465. The summed E-state index contributed by atoms with van der Waals surface area (Å²) in [4.78, 5) is 12.4. The largest absolute Gasteiger partial charge is 0.416 e. The van der Waals surface area contributed by atoms with Crippen LogP contribution in [0.4, 0.5) is 13.2 Å². The number of thiocarbonyl (C=S) groups is 1. The molecule has 1 aliphatic rings. The van der Waals surface area contributed by atoms with Gasteiger partial charge in [0.2, 0.25) is 0 Å². The number of amides is 1. The fraction of sp³-hybridized carbons (Fsp3) is 0.105. The second-order valence-electron chi connectivity index (χ2n) is 6.55. The van der Waals surface area contributed by atoms with Crippen molar-refractivity contribution in [3.8, 4) is 11.3 Å². The maximum atomic E-state index is 13.3. The number of hydrazone groups is 1. The molecule has 2 heterocycles. The average molecular weight is 432 g/mol. The van der Waals surface area contributed by atoms with Crippen LogP contribution in [0.5, 0.6) is 0 Å². The molecular weight excluding hydrogens is 417 g/mol. The summed E-state index contributed by atoms with van der Waals surface area (Å²) in [7, 11) is 0. The van der Waals surface area contributed by atoms with Gasteiger partial charge >= 0.3 is 6.18 Å². The summed E-state index contributed by atoms with van der Waals surface area (Å²) in [5, 5.41) is 7.20. The van der Waals surface area contributed by atoms with Gasteiger partial charge in [-0.05, 0) is 36.0 Å². The molecule has 1 aromatic heterocycles. The molecule has 0 saturated heterocycles. The molecule has 0 saturated carbocycles. The summed E-state index contributed by atoms with van der Waals surface area (Å²) < 4.78 is 41.5. The third kappa shape index (κ3) is 3.27. The van der Waals surface area contributed by atoms with Crippen molar-refractivity contribution in [2.75, 3.05) is 0 Å². The standard InChI is InChI=1S/C19H15F3N6OS/c20-19(21,22)10-6-7-12-11(8-10)13(16(24)29)14(9-4-2-1-3-5-9)28(12)17-15(23)25-18(30)27-26-17/h1-8,15H,23H2,(H2,24,29)(H2,25,27,30). The lowest BCUT2D eigenvalue weighted by Crippen LogP contribution is -2.56. The van der Waals surface area contributed by atoms with E-state index in [4.69, 9.17) is 23.7 Å². The molecule has 3 aromatic rings. The topological polar surface area (TPSA) is 110 Å². The minimum Gasteiger partial charge on any atom is -0.366 e. The highest BCUT2D eigenvalue weighted by Gasteiger charge is 2.34. The Bertz CT molecular complexity index is 1200. The van der Waals surface area contributed by atoms with E-state index in [1.165, 1.54) is 10.6 Å². The van der Waals surface area contributed by atoms with E-state index < -0.39 is 23.8 Å². The summed E-state index contributed by atoms with van der Waals surface area (Å²) in [6, 6.07) is 11.8. The van der Waals surface area contributed by atoms with Gasteiger partial charge in [-0.2, -0.15) is 18.3 Å². The van der Waals surface area contributed by atoms with Crippen LogP contribution in [0.3, 0.4) is 0 Å². The van der Waals surface area contributed by atoms with Crippen LogP contribution in [0.2, 0.25) is 0 Å². The molecule has 0 aliphatic carbocycles. The van der Waals surface area contributed by atoms with Gasteiger partial charge in [0.1, 0.15) is 6.17 Å². The second-order valence-corrected chi connectivity index (χ2v) is 6.96. The smallest absolute Gasteiger partial charge is 0.366 e. The maximum Gasteiger partial charge on any atom is 0.416 e. The summed E-state index contributed by atoms with van der Waals surface area (Å²) in [5.41, 5.74) is 14.5. The molecular formula is C19H15F3N6OS. The number of halogens is 3. The fourth-order valence-electron chi connectivity index (χ4n) is 3.43. The number of rotatable bonds is 2. The minimum atomic E-state index is -4.59. The zero-order chi connectivity index (χ0) is 21.6. The van der Waals surface area contributed by atoms with Crippen LogP contribution >= 0.6 is 12.2 Å². The van der Waals surface area contributed by atoms with Crippen molar-refractivity contribution in [3.05, 3.63) is 59.7 Å². The first-order valence-corrected chi connectivity index (χ1v) is 9.10. The Balaban J connectivity index is 2.13. The Morgan fingerprint density at radius 3 is 2.47 bits per heavy atom. The molecule has 0 fully saturated rings. The fourth-order valence-corrected chi connectivity index (χ4v) is 3.60. The van der Waals surface area contributed by atoms with Crippen LogP contribution in [0.1, 0.15) is 15.9 Å². The number of carbonyl (C=O) groups excluding carboxylic acids is 1. The molecule has 1 unspecified atom stereocenters. The zero-order valence-electron chi connectivity index (χ0n) is 15.2. The van der Waals surface area contributed by atoms with Crippen LogP contribution < -0.4 is 22.2 Å². The highest BCUT2D eigenvalue weighted by Crippen LogP contribution is 2.38. The lowest BCUT2D eigenvalue weighted by Gasteiger charge is -2.25. The Morgan fingerprint density at radius 1 is 1.17 bits per heavy atom. The normalized spacial score (nSPS) is 16.7. The number of nitrogens with two attached hydrogens (primary N) is 2. The van der Waals surface area contributed by atoms with Crippen LogP contribution in [0.15, 0.2) is 53.6 Å². The predicted molar refractivity (Wildman–Crippen MR) is 111 cm³/mol. The van der Waals surface area contributed by atoms with Gasteiger partial charge in [0.25, 0.3) is 5.91 Å². The molecule has 0 bridgehead atoms. The average Bonchev–Trinajstić information content (AvgIpc) is 3.02. The molecule has 6 N–H and O–H groups in total. The Morgan fingerprint density at radius 2 is 1.87 bits per heavy atom. The minimum absolute atomic E-state index is 0.0410. The molecule has 4 rings (SSSR count). The summed E-state index contributed by atoms with van der Waals surface area (Å²) in [6.07, 6.45) is -5.47. The van der Waals surface area contributed by atoms with Gasteiger partial charge in [-0.15, -0.1) is 0 Å². The van der Waals surface area contributed by atoms with Crippen molar-refractivity contribution in [3.63, 3.8) is 0 Å². The summed E-state index contributed by atoms with van der Waals surface area (Å²) in [5.74, 6) is -0.668. The Labute approximate surface area is 173 Å². The number of alkyl halides is 3. The van der Waals surface area contributed by atoms with Crippen molar-refractivity contribution in [2.24, 2.45) is 16.6 Å². The number of hydrogen-bond acceptors (Lipinski definition) is 4. The molecule has 11 heteroatoms. The molecule has 7 nitrogen and oxygen atoms in total. The molecule has 0 spiro atoms. The summed E-state index contributed by atoms with van der Waals surface area (Å²) in [6.45, 7) is 0. The van der Waals surface area contributed by atoms with Gasteiger partial charge in [0.15, 0.2) is 10.9 Å². The first kappa shape index (κ1) is 19.9. The van der Waals surface area contributed by atoms with E-state index >= 15 is 0 Å². The van der Waals surface area contributed by atoms with E-state index in [9.17, 15) is 18.0 Å². The van der Waals surface area contributed by atoms with E-state index in [1.807, 2.05) is 0 Å². The highest BCUT2D eigenvalue weighted by atomic mass is 32.1. The number of benzene rings is 2. The third-order valence-electron chi connectivity index (χ3n) is 4.65. The molecule has 1 aliphatic heterocycles. The lowest BCUT2D eigenvalue weighted by molar-refractivity contribution is -0.137. The van der Waals surface area contributed by atoms with Gasteiger partial charge in [0, 0.05) is 5.39 Å². The number of primary amides is 1. The lowest BCUT2D eigenvalue weighted by atomic mass is 10.0. The van der Waals surface area contributed by atoms with Crippen molar-refractivity contribution in [1.82, 2.24) is 15.3 Å². The third-order valence-corrected chi connectivity index (χ3v) is 4.86. The first-order valence-electron chi connectivity index (χ1n) is 8.69. The van der Waals surface area contributed by atoms with Crippen LogP contribution in [-0.4, -0.2) is 27.6 Å². The van der Waals surface area contributed by atoms with Crippen molar-refractivity contribution < 1.29 is 18.0 Å². The molecule has 154 valence electrons. The Kier molecular flexibility index (Phi) is 4.71. The molecule has 1 amide bonds. The Hall–Kier alpha value is -3.44. The number of nitrogens with zero attached hydrogens (tertiary/aromatic N) is 2. The van der Waals surface area contributed by atoms with E-state index in [0.717, 1.165) is 12.1 Å². The highest BCUT2D eigenvalue weighted by molar-refractivity contribution is 7.80. The zero-order valence-corrected chi connectivity index (χ0v) is 16.0. The molecule has 1 atom stereocenters. The number of carbonyl (C=O) groups is 1. The van der Waals surface area contributed by atoms with Crippen molar-refractivity contribution >= 4 is 40.0 Å². The van der Waals surface area contributed by atoms with Crippen LogP contribution in [-0.2, 0) is 6.18 Å². The monoisotopic (exact) mass is 432 g/mol. The second kappa shape index (κ2) is 7.11. The predicted octanol–water partition coefficient (Wildman–Crippen LogP) is 2.35. The van der Waals surface area contributed by atoms with Crippen LogP contribution in [0.25, 0.3) is 22.2 Å². The van der Waals surface area contributed by atoms with Gasteiger partial charge in [-0.3, -0.25) is 14.8 Å². The van der Waals surface area contributed by atoms with E-state index in [1.54, 1.807) is 30.3 Å². The number of aromatic nitrogens is 1. The van der Waals surface area contributed by atoms with E-state index in [2.05, 4.69) is 15.8 Å².